The summed E-state index contributed by atoms with van der Waals surface area (Å²) in [7, 11) is 0. The fourth-order valence-electron chi connectivity index (χ4n) is 1.99. The molecule has 0 aliphatic carbocycles. The first-order valence-corrected chi connectivity index (χ1v) is 6.25. The summed E-state index contributed by atoms with van der Waals surface area (Å²) in [6.45, 7) is 0.411. The van der Waals surface area contributed by atoms with Crippen LogP contribution in [0.4, 0.5) is 0 Å². The third-order valence-corrected chi connectivity index (χ3v) is 2.98. The quantitative estimate of drug-likeness (QED) is 0.801. The number of aryl methyl sites for hydroxylation is 1. The van der Waals surface area contributed by atoms with Crippen molar-refractivity contribution in [3.63, 3.8) is 0 Å². The number of nitrogens with one attached hydrogen (secondary N) is 1. The third kappa shape index (κ3) is 3.58. The van der Waals surface area contributed by atoms with E-state index in [9.17, 15) is 9.59 Å². The highest BCUT2D eigenvalue weighted by Crippen LogP contribution is 2.07. The Morgan fingerprint density at radius 1 is 1.33 bits per heavy atom. The Hall–Kier alpha value is -1.84. The van der Waals surface area contributed by atoms with Gasteiger partial charge in [0.15, 0.2) is 0 Å². The summed E-state index contributed by atoms with van der Waals surface area (Å²) in [5.74, 6) is -0.388. The lowest BCUT2D eigenvalue weighted by Crippen LogP contribution is -2.37. The number of benzene rings is 1. The molecule has 1 aromatic rings. The lowest BCUT2D eigenvalue weighted by molar-refractivity contribution is -0.141. The molecule has 96 valence electrons. The topological polar surface area (TPSA) is 55.4 Å². The van der Waals surface area contributed by atoms with Crippen molar-refractivity contribution >= 4 is 11.9 Å². The summed E-state index contributed by atoms with van der Waals surface area (Å²) < 4.78 is 4.79. The van der Waals surface area contributed by atoms with Gasteiger partial charge in [-0.15, -0.1) is 0 Å². The molecule has 0 radical (unpaired) electrons. The highest BCUT2D eigenvalue weighted by molar-refractivity contribution is 5.85. The number of amides is 1. The van der Waals surface area contributed by atoms with E-state index in [-0.39, 0.29) is 11.9 Å². The van der Waals surface area contributed by atoms with Gasteiger partial charge < -0.3 is 10.1 Å². The number of carbonyl (C=O) groups excluding carboxylic acids is 2. The summed E-state index contributed by atoms with van der Waals surface area (Å²) in [6, 6.07) is 9.61. The van der Waals surface area contributed by atoms with Gasteiger partial charge in [0.25, 0.3) is 0 Å². The summed E-state index contributed by atoms with van der Waals surface area (Å²) >= 11 is 0. The van der Waals surface area contributed by atoms with Gasteiger partial charge in [-0.05, 0) is 18.4 Å². The van der Waals surface area contributed by atoms with E-state index < -0.39 is 6.04 Å². The molecule has 1 aliphatic rings. The number of rotatable bonds is 5. The SMILES string of the molecule is O=C(CCCc1ccccc1)N[C@@H]1CCOC1=O. The minimum Gasteiger partial charge on any atom is -0.464 e. The molecule has 0 aromatic heterocycles. The van der Waals surface area contributed by atoms with Crippen molar-refractivity contribution in [2.75, 3.05) is 6.61 Å². The molecular formula is C14H17NO3. The van der Waals surface area contributed by atoms with Crippen molar-refractivity contribution in [3.05, 3.63) is 35.9 Å². The second-order valence-corrected chi connectivity index (χ2v) is 4.42. The maximum absolute atomic E-state index is 11.6. The van der Waals surface area contributed by atoms with Crippen molar-refractivity contribution in [2.24, 2.45) is 0 Å². The Morgan fingerprint density at radius 3 is 2.78 bits per heavy atom. The van der Waals surface area contributed by atoms with E-state index >= 15 is 0 Å². The van der Waals surface area contributed by atoms with Gasteiger partial charge in [-0.1, -0.05) is 30.3 Å². The Kier molecular flexibility index (Phi) is 4.34. The number of cyclic esters (lactones) is 1. The zero-order chi connectivity index (χ0) is 12.8. The van der Waals surface area contributed by atoms with Crippen LogP contribution in [-0.2, 0) is 20.7 Å². The van der Waals surface area contributed by atoms with Crippen molar-refractivity contribution in [1.29, 1.82) is 0 Å². The van der Waals surface area contributed by atoms with Crippen molar-refractivity contribution in [2.45, 2.75) is 31.7 Å². The van der Waals surface area contributed by atoms with Gasteiger partial charge in [-0.2, -0.15) is 0 Å². The van der Waals surface area contributed by atoms with E-state index in [4.69, 9.17) is 4.74 Å². The zero-order valence-corrected chi connectivity index (χ0v) is 10.2. The van der Waals surface area contributed by atoms with E-state index in [0.717, 1.165) is 12.8 Å². The minimum atomic E-state index is -0.436. The molecule has 1 N–H and O–H groups in total. The monoisotopic (exact) mass is 247 g/mol. The molecule has 1 amide bonds. The van der Waals surface area contributed by atoms with Crippen LogP contribution in [0, 0.1) is 0 Å². The Balaban J connectivity index is 1.67. The number of hydrogen-bond donors (Lipinski definition) is 1. The van der Waals surface area contributed by atoms with Crippen LogP contribution in [0.15, 0.2) is 30.3 Å². The molecule has 1 saturated heterocycles. The Morgan fingerprint density at radius 2 is 2.11 bits per heavy atom. The summed E-state index contributed by atoms with van der Waals surface area (Å²) in [6.07, 6.45) is 2.70. The van der Waals surface area contributed by atoms with Crippen LogP contribution in [0.3, 0.4) is 0 Å². The van der Waals surface area contributed by atoms with E-state index in [0.29, 0.717) is 19.4 Å². The van der Waals surface area contributed by atoms with E-state index in [1.807, 2.05) is 30.3 Å². The van der Waals surface area contributed by atoms with Crippen LogP contribution in [0.2, 0.25) is 0 Å². The molecule has 0 bridgehead atoms. The van der Waals surface area contributed by atoms with Crippen LogP contribution >= 0.6 is 0 Å². The highest BCUT2D eigenvalue weighted by atomic mass is 16.5. The molecule has 4 heteroatoms. The molecule has 18 heavy (non-hydrogen) atoms. The first kappa shape index (κ1) is 12.6. The van der Waals surface area contributed by atoms with Crippen LogP contribution in [0.25, 0.3) is 0 Å². The average Bonchev–Trinajstić information content (AvgIpc) is 2.76. The third-order valence-electron chi connectivity index (χ3n) is 2.98. The highest BCUT2D eigenvalue weighted by Gasteiger charge is 2.27. The van der Waals surface area contributed by atoms with Crippen LogP contribution in [-0.4, -0.2) is 24.5 Å². The van der Waals surface area contributed by atoms with Crippen molar-refractivity contribution in [1.82, 2.24) is 5.32 Å². The molecule has 1 aliphatic heterocycles. The predicted molar refractivity (Wildman–Crippen MR) is 66.9 cm³/mol. The fraction of sp³-hybridized carbons (Fsp3) is 0.429. The van der Waals surface area contributed by atoms with Crippen LogP contribution < -0.4 is 5.32 Å². The second kappa shape index (κ2) is 6.19. The van der Waals surface area contributed by atoms with E-state index in [1.54, 1.807) is 0 Å². The molecule has 0 spiro atoms. The number of ether oxygens (including phenoxy) is 1. The summed E-state index contributed by atoms with van der Waals surface area (Å²) in [4.78, 5) is 22.8. The molecule has 0 unspecified atom stereocenters. The normalized spacial score (nSPS) is 18.4. The molecule has 0 saturated carbocycles. The fourth-order valence-corrected chi connectivity index (χ4v) is 1.99. The maximum Gasteiger partial charge on any atom is 0.328 e. The van der Waals surface area contributed by atoms with Gasteiger partial charge in [-0.3, -0.25) is 4.79 Å². The Labute approximate surface area is 106 Å². The number of hydrogen-bond acceptors (Lipinski definition) is 3. The lowest BCUT2D eigenvalue weighted by atomic mass is 10.1. The smallest absolute Gasteiger partial charge is 0.328 e. The molecule has 2 rings (SSSR count). The van der Waals surface area contributed by atoms with Crippen molar-refractivity contribution < 1.29 is 14.3 Å². The standard InChI is InChI=1S/C14H17NO3/c16-13(15-12-9-10-18-14(12)17)8-4-7-11-5-2-1-3-6-11/h1-3,5-6,12H,4,7-10H2,(H,15,16)/t12-/m1/s1. The van der Waals surface area contributed by atoms with E-state index in [1.165, 1.54) is 5.56 Å². The molecule has 1 atom stereocenters. The molecular weight excluding hydrogens is 230 g/mol. The van der Waals surface area contributed by atoms with Gasteiger partial charge >= 0.3 is 5.97 Å². The zero-order valence-electron chi connectivity index (χ0n) is 10.2. The first-order chi connectivity index (χ1) is 8.75. The average molecular weight is 247 g/mol. The van der Waals surface area contributed by atoms with Crippen molar-refractivity contribution in [3.8, 4) is 0 Å². The van der Waals surface area contributed by atoms with Gasteiger partial charge in [0.1, 0.15) is 6.04 Å². The van der Waals surface area contributed by atoms with Gasteiger partial charge in [0.05, 0.1) is 6.61 Å². The molecule has 4 nitrogen and oxygen atoms in total. The molecule has 1 fully saturated rings. The largest absolute Gasteiger partial charge is 0.464 e. The summed E-state index contributed by atoms with van der Waals surface area (Å²) in [5.41, 5.74) is 1.23. The van der Waals surface area contributed by atoms with Gasteiger partial charge in [0.2, 0.25) is 5.91 Å². The Bertz CT molecular complexity index is 416. The molecule has 1 aromatic carbocycles. The number of esters is 1. The minimum absolute atomic E-state index is 0.0743. The second-order valence-electron chi connectivity index (χ2n) is 4.42. The number of carbonyl (C=O) groups is 2. The van der Waals surface area contributed by atoms with E-state index in [2.05, 4.69) is 5.32 Å². The summed E-state index contributed by atoms with van der Waals surface area (Å²) in [5, 5.41) is 2.70. The molecule has 1 heterocycles. The lowest BCUT2D eigenvalue weighted by Gasteiger charge is -2.08. The van der Waals surface area contributed by atoms with Crippen LogP contribution in [0.1, 0.15) is 24.8 Å². The van der Waals surface area contributed by atoms with Crippen LogP contribution in [0.5, 0.6) is 0 Å². The maximum atomic E-state index is 11.6. The van der Waals surface area contributed by atoms with Gasteiger partial charge in [-0.25, -0.2) is 4.79 Å². The van der Waals surface area contributed by atoms with Gasteiger partial charge in [0, 0.05) is 12.8 Å². The predicted octanol–water partition coefficient (Wildman–Crippen LogP) is 1.44. The first-order valence-electron chi connectivity index (χ1n) is 6.25.